The average molecular weight is 552 g/mol. The molecule has 2 unspecified atom stereocenters. The summed E-state index contributed by atoms with van der Waals surface area (Å²) in [6.45, 7) is 2.84. The molecular weight excluding hydrogens is 538 g/mol. The van der Waals surface area contributed by atoms with Crippen LogP contribution in [0.4, 0.5) is 0 Å². The van der Waals surface area contributed by atoms with Crippen LogP contribution in [-0.4, -0.2) is 56.8 Å². The number of carbonyl (C=O) groups excluding carboxylic acids is 3. The molecule has 0 aromatic carbocycles. The Balaban J connectivity index is 0.000000311. The Labute approximate surface area is 204 Å². The summed E-state index contributed by atoms with van der Waals surface area (Å²) in [5, 5.41) is 13.5. The summed E-state index contributed by atoms with van der Waals surface area (Å²) >= 11 is 24.2. The Morgan fingerprint density at radius 2 is 1.26 bits per heavy atom. The fraction of sp³-hybridized carbons (Fsp3) is 0.333. The normalized spacial score (nSPS) is 12.1. The summed E-state index contributed by atoms with van der Waals surface area (Å²) in [5.74, 6) is -2.78. The van der Waals surface area contributed by atoms with E-state index in [2.05, 4.69) is 24.1 Å². The quantitative estimate of drug-likeness (QED) is 0.463. The zero-order valence-corrected chi connectivity index (χ0v) is 20.5. The predicted octanol–water partition coefficient (Wildman–Crippen LogP) is 3.39. The maximum atomic E-state index is 11.6. The number of ether oxygens (including phenoxy) is 1. The second-order valence-corrected chi connectivity index (χ2v) is 8.50. The Hall–Kier alpha value is -1.70. The first-order valence-electron chi connectivity index (χ1n) is 7.94. The van der Waals surface area contributed by atoms with Crippen LogP contribution in [0.2, 0.25) is 20.4 Å². The average Bonchev–Trinajstić information content (AvgIpc) is 3.23. The minimum Gasteiger partial charge on any atom is -0.480 e. The molecule has 2 rings (SSSR count). The Kier molecular flexibility index (Phi) is 10.9. The minimum atomic E-state index is -1.13. The molecule has 0 aliphatic carbocycles. The van der Waals surface area contributed by atoms with Gasteiger partial charge in [0.15, 0.2) is 10.3 Å². The Morgan fingerprint density at radius 1 is 0.871 bits per heavy atom. The third-order valence-corrected chi connectivity index (χ3v) is 6.82. The molecule has 0 aliphatic heterocycles. The molecule has 3 N–H and O–H groups in total. The Morgan fingerprint density at radius 3 is 1.55 bits per heavy atom. The van der Waals surface area contributed by atoms with E-state index in [1.807, 2.05) is 0 Å². The first kappa shape index (κ1) is 27.3. The van der Waals surface area contributed by atoms with Crippen LogP contribution in [0, 0.1) is 0 Å². The SMILES string of the molecule is CC(NC(=O)c1snc(Cl)c1Cl)C(=O)O.COC(=O)C(C)NC(=O)c1snc(Cl)c1Cl. The van der Waals surface area contributed by atoms with Gasteiger partial charge in [0, 0.05) is 0 Å². The molecule has 2 aromatic rings. The number of hydrogen-bond donors (Lipinski definition) is 3. The summed E-state index contributed by atoms with van der Waals surface area (Å²) in [7, 11) is 1.24. The molecule has 0 radical (unpaired) electrons. The highest BCUT2D eigenvalue weighted by Gasteiger charge is 2.22. The van der Waals surface area contributed by atoms with Gasteiger partial charge in [-0.15, -0.1) is 0 Å². The summed E-state index contributed by atoms with van der Waals surface area (Å²) in [5.41, 5.74) is 0. The van der Waals surface area contributed by atoms with Gasteiger partial charge in [0.2, 0.25) is 0 Å². The molecule has 0 saturated heterocycles. The number of esters is 1. The van der Waals surface area contributed by atoms with E-state index >= 15 is 0 Å². The fourth-order valence-corrected chi connectivity index (χ4v) is 3.86. The summed E-state index contributed by atoms with van der Waals surface area (Å²) in [6.07, 6.45) is 0. The van der Waals surface area contributed by atoms with E-state index in [4.69, 9.17) is 51.5 Å². The lowest BCUT2D eigenvalue weighted by Gasteiger charge is -2.10. The van der Waals surface area contributed by atoms with E-state index in [0.717, 1.165) is 23.1 Å². The zero-order chi connectivity index (χ0) is 23.9. The molecule has 0 fully saturated rings. The summed E-state index contributed by atoms with van der Waals surface area (Å²) < 4.78 is 11.8. The number of carboxylic acid groups (broad SMARTS) is 1. The highest BCUT2D eigenvalue weighted by molar-refractivity contribution is 7.09. The molecule has 0 saturated carbocycles. The lowest BCUT2D eigenvalue weighted by atomic mass is 10.3. The molecule has 0 spiro atoms. The van der Waals surface area contributed by atoms with E-state index in [0.29, 0.717) is 0 Å². The van der Waals surface area contributed by atoms with E-state index in [9.17, 15) is 19.2 Å². The fourth-order valence-electron chi connectivity index (χ4n) is 1.62. The highest BCUT2D eigenvalue weighted by atomic mass is 35.5. The summed E-state index contributed by atoms with van der Waals surface area (Å²) in [6, 6.07) is -1.75. The second kappa shape index (κ2) is 12.4. The first-order chi connectivity index (χ1) is 14.4. The van der Waals surface area contributed by atoms with Crippen LogP contribution in [0.3, 0.4) is 0 Å². The van der Waals surface area contributed by atoms with Gasteiger partial charge in [0.05, 0.1) is 7.11 Å². The van der Waals surface area contributed by atoms with Gasteiger partial charge >= 0.3 is 11.9 Å². The van der Waals surface area contributed by atoms with Gasteiger partial charge in [-0.2, -0.15) is 8.75 Å². The lowest BCUT2D eigenvalue weighted by Crippen LogP contribution is -2.38. The van der Waals surface area contributed by atoms with Gasteiger partial charge in [-0.3, -0.25) is 14.4 Å². The van der Waals surface area contributed by atoms with Crippen molar-refractivity contribution in [3.8, 4) is 0 Å². The number of methoxy groups -OCH3 is 1. The predicted molar refractivity (Wildman–Crippen MR) is 118 cm³/mol. The van der Waals surface area contributed by atoms with Crippen molar-refractivity contribution >= 4 is 93.2 Å². The Bertz CT molecular complexity index is 983. The molecule has 16 heteroatoms. The topological polar surface area (TPSA) is 148 Å². The van der Waals surface area contributed by atoms with Gasteiger partial charge in [0.25, 0.3) is 11.8 Å². The van der Waals surface area contributed by atoms with Gasteiger partial charge in [-0.05, 0) is 36.9 Å². The number of nitrogens with zero attached hydrogens (tertiary/aromatic N) is 2. The van der Waals surface area contributed by atoms with Crippen molar-refractivity contribution in [1.82, 2.24) is 19.4 Å². The standard InChI is InChI=1S/C8H8Cl2N2O3S.C7H6Cl2N2O3S/c1-3(8(14)15-2)11-7(13)5-4(9)6(10)12-16-5;1-2(7(13)14)10-6(12)4-3(8)5(9)11-15-4/h3H,1-2H3,(H,11,13);2H,1H3,(H,10,12)(H,13,14). The van der Waals surface area contributed by atoms with Gasteiger partial charge in [-0.25, -0.2) is 4.79 Å². The van der Waals surface area contributed by atoms with Crippen LogP contribution in [-0.2, 0) is 14.3 Å². The van der Waals surface area contributed by atoms with Gasteiger partial charge in [0.1, 0.15) is 31.9 Å². The van der Waals surface area contributed by atoms with E-state index in [1.165, 1.54) is 21.0 Å². The van der Waals surface area contributed by atoms with Crippen molar-refractivity contribution in [1.29, 1.82) is 0 Å². The van der Waals surface area contributed by atoms with Crippen LogP contribution < -0.4 is 10.6 Å². The van der Waals surface area contributed by atoms with Crippen LogP contribution >= 0.6 is 69.5 Å². The van der Waals surface area contributed by atoms with Crippen molar-refractivity contribution in [2.24, 2.45) is 0 Å². The molecule has 10 nitrogen and oxygen atoms in total. The molecule has 0 aliphatic rings. The van der Waals surface area contributed by atoms with Crippen molar-refractivity contribution in [2.75, 3.05) is 7.11 Å². The third kappa shape index (κ3) is 7.74. The van der Waals surface area contributed by atoms with E-state index in [1.54, 1.807) is 0 Å². The monoisotopic (exact) mass is 550 g/mol. The van der Waals surface area contributed by atoms with Crippen LogP contribution in [0.15, 0.2) is 0 Å². The molecule has 170 valence electrons. The maximum absolute atomic E-state index is 11.6. The maximum Gasteiger partial charge on any atom is 0.328 e. The number of rotatable bonds is 6. The molecule has 2 aromatic heterocycles. The van der Waals surface area contributed by atoms with Crippen molar-refractivity contribution < 1.29 is 29.0 Å². The first-order valence-corrected chi connectivity index (χ1v) is 11.0. The van der Waals surface area contributed by atoms with E-state index < -0.39 is 35.8 Å². The minimum absolute atomic E-state index is 0.0368. The van der Waals surface area contributed by atoms with Gasteiger partial charge < -0.3 is 20.5 Å². The highest BCUT2D eigenvalue weighted by Crippen LogP contribution is 2.29. The smallest absolute Gasteiger partial charge is 0.328 e. The number of aromatic nitrogens is 2. The largest absolute Gasteiger partial charge is 0.480 e. The molecule has 2 atom stereocenters. The van der Waals surface area contributed by atoms with Crippen LogP contribution in [0.1, 0.15) is 33.2 Å². The van der Waals surface area contributed by atoms with E-state index in [-0.39, 0.29) is 30.1 Å². The van der Waals surface area contributed by atoms with Crippen molar-refractivity contribution in [3.63, 3.8) is 0 Å². The van der Waals surface area contributed by atoms with Crippen molar-refractivity contribution in [2.45, 2.75) is 25.9 Å². The number of amides is 2. The van der Waals surface area contributed by atoms with Crippen LogP contribution in [0.5, 0.6) is 0 Å². The molecule has 0 bridgehead atoms. The number of nitrogens with one attached hydrogen (secondary N) is 2. The molecule has 2 amide bonds. The third-order valence-electron chi connectivity index (χ3n) is 3.23. The lowest BCUT2D eigenvalue weighted by molar-refractivity contribution is -0.142. The number of carboxylic acids is 1. The second-order valence-electron chi connectivity index (χ2n) is 5.48. The zero-order valence-electron chi connectivity index (χ0n) is 15.9. The number of hydrogen-bond acceptors (Lipinski definition) is 9. The number of aliphatic carboxylic acids is 1. The van der Waals surface area contributed by atoms with Crippen LogP contribution in [0.25, 0.3) is 0 Å². The molecule has 2 heterocycles. The molecular formula is C15H14Cl4N4O6S2. The van der Waals surface area contributed by atoms with Gasteiger partial charge in [-0.1, -0.05) is 46.4 Å². The number of carbonyl (C=O) groups is 4. The van der Waals surface area contributed by atoms with Crippen molar-refractivity contribution in [3.05, 3.63) is 30.1 Å². The molecule has 31 heavy (non-hydrogen) atoms. The summed E-state index contributed by atoms with van der Waals surface area (Å²) in [4.78, 5) is 44.9. The number of halogens is 4.